The molecule has 0 radical (unpaired) electrons. The van der Waals surface area contributed by atoms with Crippen LogP contribution in [-0.4, -0.2) is 26.6 Å². The highest BCUT2D eigenvalue weighted by Gasteiger charge is 2.33. The zero-order chi connectivity index (χ0) is 17.0. The lowest BCUT2D eigenvalue weighted by atomic mass is 9.76. The van der Waals surface area contributed by atoms with Crippen LogP contribution < -0.4 is 5.46 Å². The standard InChI is InChI=1S/C20H19BO3/c1-20(2)14-23-21(24-15-20)19-11-9-17(10-12-19)4-3-16-5-7-18(13-22)8-6-16/h5-13H,14-15H2,1-2H3. The minimum absolute atomic E-state index is 0.0707. The highest BCUT2D eigenvalue weighted by Crippen LogP contribution is 2.21. The molecule has 0 aromatic heterocycles. The van der Waals surface area contributed by atoms with E-state index in [0.29, 0.717) is 18.8 Å². The zero-order valence-corrected chi connectivity index (χ0v) is 13.9. The Morgan fingerprint density at radius 3 is 1.92 bits per heavy atom. The van der Waals surface area contributed by atoms with Crippen LogP contribution in [0.1, 0.15) is 35.3 Å². The van der Waals surface area contributed by atoms with E-state index in [-0.39, 0.29) is 12.5 Å². The van der Waals surface area contributed by atoms with Crippen LogP contribution in [0.3, 0.4) is 0 Å². The first kappa shape index (κ1) is 16.5. The summed E-state index contributed by atoms with van der Waals surface area (Å²) in [5.41, 5.74) is 3.54. The molecule has 0 aliphatic carbocycles. The number of carbonyl (C=O) groups is 1. The first-order chi connectivity index (χ1) is 11.6. The molecule has 24 heavy (non-hydrogen) atoms. The van der Waals surface area contributed by atoms with E-state index in [2.05, 4.69) is 25.7 Å². The number of rotatable bonds is 2. The number of hydrogen-bond acceptors (Lipinski definition) is 3. The lowest BCUT2D eigenvalue weighted by molar-refractivity contribution is 0.0343. The monoisotopic (exact) mass is 318 g/mol. The maximum atomic E-state index is 10.6. The van der Waals surface area contributed by atoms with Gasteiger partial charge >= 0.3 is 7.12 Å². The number of carbonyl (C=O) groups excluding carboxylic acids is 1. The molecular formula is C20H19BO3. The molecule has 4 heteroatoms. The Balaban J connectivity index is 1.67. The molecule has 1 aliphatic rings. The average molecular weight is 318 g/mol. The summed E-state index contributed by atoms with van der Waals surface area (Å²) >= 11 is 0. The van der Waals surface area contributed by atoms with Gasteiger partial charge in [-0.3, -0.25) is 4.79 Å². The van der Waals surface area contributed by atoms with Crippen LogP contribution in [0.5, 0.6) is 0 Å². The Hall–Kier alpha value is -2.35. The molecule has 1 saturated heterocycles. The van der Waals surface area contributed by atoms with Crippen LogP contribution in [0.25, 0.3) is 0 Å². The lowest BCUT2D eigenvalue weighted by Gasteiger charge is -2.33. The van der Waals surface area contributed by atoms with Crippen molar-refractivity contribution >= 4 is 18.9 Å². The first-order valence-corrected chi connectivity index (χ1v) is 7.96. The van der Waals surface area contributed by atoms with Crippen LogP contribution in [0.2, 0.25) is 0 Å². The van der Waals surface area contributed by atoms with Crippen molar-refractivity contribution in [3.63, 3.8) is 0 Å². The molecule has 1 heterocycles. The van der Waals surface area contributed by atoms with Gasteiger partial charge in [-0.15, -0.1) is 0 Å². The van der Waals surface area contributed by atoms with Crippen molar-refractivity contribution in [2.75, 3.05) is 13.2 Å². The van der Waals surface area contributed by atoms with Crippen LogP contribution in [0, 0.1) is 17.3 Å². The summed E-state index contributed by atoms with van der Waals surface area (Å²) < 4.78 is 11.6. The number of aldehydes is 1. The summed E-state index contributed by atoms with van der Waals surface area (Å²) in [5, 5.41) is 0. The third kappa shape index (κ3) is 4.14. The van der Waals surface area contributed by atoms with E-state index < -0.39 is 0 Å². The Labute approximate surface area is 143 Å². The molecule has 3 rings (SSSR count). The van der Waals surface area contributed by atoms with E-state index in [9.17, 15) is 4.79 Å². The van der Waals surface area contributed by atoms with E-state index in [1.54, 1.807) is 12.1 Å². The summed E-state index contributed by atoms with van der Waals surface area (Å²) in [6, 6.07) is 15.1. The Bertz CT molecular complexity index is 757. The Kier molecular flexibility index (Phi) is 4.85. The van der Waals surface area contributed by atoms with Gasteiger partial charge in [-0.05, 0) is 29.7 Å². The molecule has 1 fully saturated rings. The van der Waals surface area contributed by atoms with Gasteiger partial charge in [0.1, 0.15) is 6.29 Å². The Morgan fingerprint density at radius 2 is 1.42 bits per heavy atom. The quantitative estimate of drug-likeness (QED) is 0.485. The largest absolute Gasteiger partial charge is 0.493 e. The second kappa shape index (κ2) is 7.04. The minimum Gasteiger partial charge on any atom is -0.407 e. The predicted octanol–water partition coefficient (Wildman–Crippen LogP) is 2.67. The van der Waals surface area contributed by atoms with Crippen molar-refractivity contribution in [1.82, 2.24) is 0 Å². The van der Waals surface area contributed by atoms with Gasteiger partial charge in [-0.25, -0.2) is 0 Å². The Morgan fingerprint density at radius 1 is 0.917 bits per heavy atom. The molecule has 0 N–H and O–H groups in total. The molecule has 3 nitrogen and oxygen atoms in total. The molecule has 0 saturated carbocycles. The van der Waals surface area contributed by atoms with Crippen molar-refractivity contribution in [2.24, 2.45) is 5.41 Å². The lowest BCUT2D eigenvalue weighted by Crippen LogP contribution is -2.47. The molecule has 120 valence electrons. The molecule has 0 unspecified atom stereocenters. The topological polar surface area (TPSA) is 35.5 Å². The minimum atomic E-state index is -0.295. The van der Waals surface area contributed by atoms with Crippen LogP contribution in [0.4, 0.5) is 0 Å². The van der Waals surface area contributed by atoms with E-state index in [1.165, 1.54) is 0 Å². The summed E-state index contributed by atoms with van der Waals surface area (Å²) in [4.78, 5) is 10.6. The van der Waals surface area contributed by atoms with Gasteiger partial charge in [0.2, 0.25) is 0 Å². The van der Waals surface area contributed by atoms with Crippen molar-refractivity contribution in [2.45, 2.75) is 13.8 Å². The molecule has 0 bridgehead atoms. The van der Waals surface area contributed by atoms with E-state index >= 15 is 0 Å². The van der Waals surface area contributed by atoms with Crippen molar-refractivity contribution in [1.29, 1.82) is 0 Å². The molecule has 2 aromatic carbocycles. The van der Waals surface area contributed by atoms with Gasteiger partial charge in [0.05, 0.1) is 0 Å². The van der Waals surface area contributed by atoms with Gasteiger partial charge in [0.25, 0.3) is 0 Å². The van der Waals surface area contributed by atoms with E-state index in [0.717, 1.165) is 22.9 Å². The summed E-state index contributed by atoms with van der Waals surface area (Å²) in [6.07, 6.45) is 0.826. The second-order valence-corrected chi connectivity index (χ2v) is 6.73. The average Bonchev–Trinajstić information content (AvgIpc) is 2.61. The number of hydrogen-bond donors (Lipinski definition) is 0. The highest BCUT2D eigenvalue weighted by atomic mass is 16.6. The third-order valence-electron chi connectivity index (χ3n) is 3.83. The van der Waals surface area contributed by atoms with Gasteiger partial charge in [0.15, 0.2) is 0 Å². The van der Waals surface area contributed by atoms with Gasteiger partial charge in [-0.1, -0.05) is 50.0 Å². The molecular weight excluding hydrogens is 299 g/mol. The smallest absolute Gasteiger partial charge is 0.407 e. The van der Waals surface area contributed by atoms with Gasteiger partial charge in [-0.2, -0.15) is 0 Å². The van der Waals surface area contributed by atoms with Gasteiger partial charge in [0, 0.05) is 35.3 Å². The van der Waals surface area contributed by atoms with Crippen LogP contribution in [0.15, 0.2) is 48.5 Å². The molecule has 1 aliphatic heterocycles. The van der Waals surface area contributed by atoms with Gasteiger partial charge < -0.3 is 9.31 Å². The maximum absolute atomic E-state index is 10.6. The fourth-order valence-electron chi connectivity index (χ4n) is 2.40. The van der Waals surface area contributed by atoms with Crippen molar-refractivity contribution in [3.05, 3.63) is 65.2 Å². The summed E-state index contributed by atoms with van der Waals surface area (Å²) in [5.74, 6) is 6.22. The molecule has 2 aromatic rings. The second-order valence-electron chi connectivity index (χ2n) is 6.73. The van der Waals surface area contributed by atoms with E-state index in [1.807, 2.05) is 36.4 Å². The zero-order valence-electron chi connectivity index (χ0n) is 13.9. The normalized spacial score (nSPS) is 16.2. The third-order valence-corrected chi connectivity index (χ3v) is 3.83. The number of benzene rings is 2. The van der Waals surface area contributed by atoms with Crippen LogP contribution >= 0.6 is 0 Å². The molecule has 0 atom stereocenters. The fraction of sp³-hybridized carbons (Fsp3) is 0.250. The van der Waals surface area contributed by atoms with Crippen LogP contribution in [-0.2, 0) is 9.31 Å². The fourth-order valence-corrected chi connectivity index (χ4v) is 2.40. The first-order valence-electron chi connectivity index (χ1n) is 7.96. The predicted molar refractivity (Wildman–Crippen MR) is 95.3 cm³/mol. The highest BCUT2D eigenvalue weighted by molar-refractivity contribution is 6.61. The summed E-state index contributed by atoms with van der Waals surface area (Å²) in [7, 11) is -0.295. The SMILES string of the molecule is CC1(C)COB(c2ccc(C#Cc3ccc(C=O)cc3)cc2)OC1. The van der Waals surface area contributed by atoms with Crippen molar-refractivity contribution < 1.29 is 14.1 Å². The molecule has 0 spiro atoms. The molecule has 0 amide bonds. The van der Waals surface area contributed by atoms with Crippen molar-refractivity contribution in [3.8, 4) is 11.8 Å². The van der Waals surface area contributed by atoms with E-state index in [4.69, 9.17) is 9.31 Å². The maximum Gasteiger partial charge on any atom is 0.493 e. The summed E-state index contributed by atoms with van der Waals surface area (Å²) in [6.45, 7) is 5.64.